The molecule has 0 aliphatic rings. The Labute approximate surface area is 280 Å². The van der Waals surface area contributed by atoms with Gasteiger partial charge in [-0.05, 0) is 77.2 Å². The van der Waals surface area contributed by atoms with Crippen molar-refractivity contribution in [2.24, 2.45) is 10.2 Å². The number of fused-ring (bicyclic) bond motifs is 2. The van der Waals surface area contributed by atoms with Gasteiger partial charge in [-0.2, -0.15) is 13.5 Å². The van der Waals surface area contributed by atoms with Crippen LogP contribution in [0.15, 0.2) is 147 Å². The second-order valence-electron chi connectivity index (χ2n) is 11.2. The Morgan fingerprint density at radius 3 is 2.08 bits per heavy atom. The molecule has 0 aliphatic heterocycles. The van der Waals surface area contributed by atoms with Crippen LogP contribution in [0.2, 0.25) is 0 Å². The maximum Gasteiger partial charge on any atom is 0.296 e. The number of azo groups is 1. The lowest BCUT2D eigenvalue weighted by molar-refractivity contribution is 0.472. The van der Waals surface area contributed by atoms with Crippen molar-refractivity contribution in [2.75, 3.05) is 5.73 Å². The number of rotatable bonds is 7. The number of para-hydroxylation sites is 1. The topological polar surface area (TPSA) is 160 Å². The van der Waals surface area contributed by atoms with Crippen molar-refractivity contribution in [3.8, 4) is 22.8 Å². The Balaban J connectivity index is 1.14. The summed E-state index contributed by atoms with van der Waals surface area (Å²) >= 11 is 0. The fraction of sp³-hybridized carbons (Fsp3) is 0. The van der Waals surface area contributed by atoms with Gasteiger partial charge in [-0.15, -0.1) is 5.11 Å². The molecule has 240 valence electrons. The highest BCUT2D eigenvalue weighted by molar-refractivity contribution is 7.86. The molecule has 7 rings (SSSR count). The largest absolute Gasteiger partial charge is 0.505 e. The lowest BCUT2D eigenvalue weighted by Crippen LogP contribution is -2.21. The molecule has 0 spiro atoms. The first kappa shape index (κ1) is 31.2. The molecule has 6 aromatic carbocycles. The smallest absolute Gasteiger partial charge is 0.296 e. The lowest BCUT2D eigenvalue weighted by atomic mass is 10.1. The minimum absolute atomic E-state index is 0.153. The van der Waals surface area contributed by atoms with Gasteiger partial charge < -0.3 is 10.8 Å². The van der Waals surface area contributed by atoms with Crippen molar-refractivity contribution < 1.29 is 18.1 Å². The minimum Gasteiger partial charge on any atom is -0.505 e. The van der Waals surface area contributed by atoms with E-state index < -0.39 is 20.8 Å². The van der Waals surface area contributed by atoms with Gasteiger partial charge in [0, 0.05) is 16.6 Å². The van der Waals surface area contributed by atoms with Crippen LogP contribution in [-0.4, -0.2) is 27.6 Å². The fourth-order valence-corrected chi connectivity index (χ4v) is 6.16. The van der Waals surface area contributed by atoms with E-state index in [9.17, 15) is 22.9 Å². The third-order valence-electron chi connectivity index (χ3n) is 7.94. The maximum absolute atomic E-state index is 13.7. The van der Waals surface area contributed by atoms with Crippen molar-refractivity contribution in [3.05, 3.63) is 149 Å². The lowest BCUT2D eigenvalue weighted by Gasteiger charge is -2.14. The van der Waals surface area contributed by atoms with Gasteiger partial charge in [-0.1, -0.05) is 78.9 Å². The summed E-state index contributed by atoms with van der Waals surface area (Å²) in [4.78, 5) is 17.9. The van der Waals surface area contributed by atoms with Gasteiger partial charge in [-0.25, -0.2) is 4.98 Å². The monoisotopic (exact) mass is 665 g/mol. The standard InChI is InChI=1S/C38H27N5O5S/c39-28-16-21-31-27(22-28)23-34(49(46,47)48)35(36(31)44)42-41-29-17-12-24(13-18-29)10-11-25-14-19-30(20-15-25)43-37(26-6-2-1-3-7-26)40-33-9-5-4-8-32(33)38(43)45/h1-23,44H,39H2,(H,46,47,48)/b11-10+,42-41?. The number of nitrogen functional groups attached to an aromatic ring is 1. The number of aromatic nitrogens is 2. The summed E-state index contributed by atoms with van der Waals surface area (Å²) in [6.07, 6.45) is 3.84. The molecule has 7 aromatic rings. The molecule has 0 saturated carbocycles. The van der Waals surface area contributed by atoms with E-state index in [0.29, 0.717) is 44.6 Å². The molecular formula is C38H27N5O5S. The van der Waals surface area contributed by atoms with E-state index in [4.69, 9.17) is 10.7 Å². The van der Waals surface area contributed by atoms with E-state index in [2.05, 4.69) is 10.2 Å². The number of phenols is 1. The van der Waals surface area contributed by atoms with Gasteiger partial charge in [0.2, 0.25) is 0 Å². The van der Waals surface area contributed by atoms with Crippen molar-refractivity contribution in [1.82, 2.24) is 9.55 Å². The number of aromatic hydroxyl groups is 1. The second-order valence-corrected chi connectivity index (χ2v) is 12.6. The zero-order chi connectivity index (χ0) is 34.1. The third kappa shape index (κ3) is 6.31. The highest BCUT2D eigenvalue weighted by atomic mass is 32.2. The summed E-state index contributed by atoms with van der Waals surface area (Å²) in [5.74, 6) is 0.109. The summed E-state index contributed by atoms with van der Waals surface area (Å²) in [6.45, 7) is 0. The van der Waals surface area contributed by atoms with Crippen LogP contribution in [0.1, 0.15) is 11.1 Å². The molecular weight excluding hydrogens is 639 g/mol. The van der Waals surface area contributed by atoms with E-state index >= 15 is 0 Å². The highest BCUT2D eigenvalue weighted by Gasteiger charge is 2.22. The summed E-state index contributed by atoms with van der Waals surface area (Å²) in [7, 11) is -4.73. The molecule has 0 aliphatic carbocycles. The Hall–Kier alpha value is -6.43. The van der Waals surface area contributed by atoms with Gasteiger partial charge in [0.05, 0.1) is 22.3 Å². The SMILES string of the molecule is Nc1ccc2c(O)c(N=Nc3ccc(/C=C/c4ccc(-n5c(-c6ccccc6)nc6ccccc6c5=O)cc4)cc3)c(S(=O)(=O)O)cc2c1. The van der Waals surface area contributed by atoms with E-state index in [1.165, 1.54) is 18.2 Å². The number of nitrogens with zero attached hydrogens (tertiary/aromatic N) is 4. The van der Waals surface area contributed by atoms with Crippen LogP contribution >= 0.6 is 0 Å². The average molecular weight is 666 g/mol. The molecule has 0 radical (unpaired) electrons. The van der Waals surface area contributed by atoms with Crippen molar-refractivity contribution in [2.45, 2.75) is 4.90 Å². The van der Waals surface area contributed by atoms with Crippen LogP contribution in [0.25, 0.3) is 50.9 Å². The van der Waals surface area contributed by atoms with Gasteiger partial charge in [0.25, 0.3) is 15.7 Å². The normalized spacial score (nSPS) is 12.0. The van der Waals surface area contributed by atoms with Crippen LogP contribution in [0.4, 0.5) is 17.1 Å². The number of hydrogen-bond acceptors (Lipinski definition) is 8. The summed E-state index contributed by atoms with van der Waals surface area (Å²) < 4.78 is 35.6. The van der Waals surface area contributed by atoms with Gasteiger partial charge >= 0.3 is 0 Å². The Bertz CT molecular complexity index is 2600. The minimum atomic E-state index is -4.73. The number of phenolic OH excluding ortho intramolecular Hbond substituents is 1. The molecule has 1 heterocycles. The van der Waals surface area contributed by atoms with Crippen LogP contribution in [0.5, 0.6) is 5.75 Å². The fourth-order valence-electron chi connectivity index (χ4n) is 5.50. The quantitative estimate of drug-likeness (QED) is 0.0668. The molecule has 0 amide bonds. The predicted octanol–water partition coefficient (Wildman–Crippen LogP) is 8.33. The van der Waals surface area contributed by atoms with Crippen molar-refractivity contribution >= 4 is 61.0 Å². The summed E-state index contributed by atoms with van der Waals surface area (Å²) in [6, 6.07) is 37.2. The zero-order valence-electron chi connectivity index (χ0n) is 25.7. The molecule has 0 bridgehead atoms. The van der Waals surface area contributed by atoms with Gasteiger partial charge in [0.1, 0.15) is 16.4 Å². The molecule has 11 heteroatoms. The van der Waals surface area contributed by atoms with E-state index in [-0.39, 0.29) is 11.2 Å². The molecule has 0 saturated heterocycles. The number of anilines is 1. The predicted molar refractivity (Wildman–Crippen MR) is 192 cm³/mol. The van der Waals surface area contributed by atoms with Crippen LogP contribution in [0.3, 0.4) is 0 Å². The van der Waals surface area contributed by atoms with Crippen molar-refractivity contribution in [1.29, 1.82) is 0 Å². The first-order valence-electron chi connectivity index (χ1n) is 15.1. The van der Waals surface area contributed by atoms with Crippen molar-refractivity contribution in [3.63, 3.8) is 0 Å². The molecule has 0 unspecified atom stereocenters. The molecule has 0 atom stereocenters. The first-order chi connectivity index (χ1) is 23.7. The van der Waals surface area contributed by atoms with Crippen LogP contribution < -0.4 is 11.3 Å². The Morgan fingerprint density at radius 2 is 1.39 bits per heavy atom. The van der Waals surface area contributed by atoms with Gasteiger partial charge in [0.15, 0.2) is 5.75 Å². The first-order valence-corrected chi connectivity index (χ1v) is 16.5. The average Bonchev–Trinajstić information content (AvgIpc) is 3.11. The summed E-state index contributed by atoms with van der Waals surface area (Å²) in [5, 5.41) is 20.0. The highest BCUT2D eigenvalue weighted by Crippen LogP contribution is 2.41. The Kier molecular flexibility index (Phi) is 8.04. The maximum atomic E-state index is 13.7. The van der Waals surface area contributed by atoms with E-state index in [1.807, 2.05) is 84.9 Å². The zero-order valence-corrected chi connectivity index (χ0v) is 26.5. The number of nitrogens with two attached hydrogens (primary N) is 1. The molecule has 0 fully saturated rings. The second kappa shape index (κ2) is 12.6. The Morgan fingerprint density at radius 1 is 0.735 bits per heavy atom. The third-order valence-corrected chi connectivity index (χ3v) is 8.81. The number of benzene rings is 6. The van der Waals surface area contributed by atoms with Crippen LogP contribution in [-0.2, 0) is 10.1 Å². The number of hydrogen-bond donors (Lipinski definition) is 3. The van der Waals surface area contributed by atoms with Gasteiger partial charge in [-0.3, -0.25) is 13.9 Å². The summed E-state index contributed by atoms with van der Waals surface area (Å²) in [5.41, 5.74) is 9.92. The molecule has 49 heavy (non-hydrogen) atoms. The molecule has 10 nitrogen and oxygen atoms in total. The van der Waals surface area contributed by atoms with Crippen LogP contribution in [0, 0.1) is 0 Å². The van der Waals surface area contributed by atoms with E-state index in [1.54, 1.807) is 41.0 Å². The van der Waals surface area contributed by atoms with E-state index in [0.717, 1.165) is 16.7 Å². The molecule has 1 aromatic heterocycles. The molecule has 4 N–H and O–H groups in total.